The molecular formula is C24H30F3N3O2. The average molecular weight is 450 g/mol. The molecule has 1 N–H and O–H groups in total. The van der Waals surface area contributed by atoms with E-state index in [-0.39, 0.29) is 42.6 Å². The van der Waals surface area contributed by atoms with Crippen LogP contribution in [0, 0.1) is 17.5 Å². The van der Waals surface area contributed by atoms with Crippen LogP contribution in [0.1, 0.15) is 37.8 Å². The molecular weight excluding hydrogens is 419 g/mol. The fourth-order valence-corrected chi connectivity index (χ4v) is 3.79. The molecule has 8 heteroatoms. The monoisotopic (exact) mass is 449 g/mol. The molecule has 0 unspecified atom stereocenters. The van der Waals surface area contributed by atoms with Gasteiger partial charge in [0.25, 0.3) is 0 Å². The highest BCUT2D eigenvalue weighted by atomic mass is 19.1. The highest BCUT2D eigenvalue weighted by molar-refractivity contribution is 5.74. The Morgan fingerprint density at radius 3 is 2.47 bits per heavy atom. The van der Waals surface area contributed by atoms with Crippen molar-refractivity contribution in [3.05, 3.63) is 65.0 Å². The quantitative estimate of drug-likeness (QED) is 0.667. The van der Waals surface area contributed by atoms with Crippen LogP contribution in [0.2, 0.25) is 0 Å². The van der Waals surface area contributed by atoms with Crippen LogP contribution in [0.25, 0.3) is 0 Å². The Labute approximate surface area is 187 Å². The number of nitrogens with one attached hydrogen (secondary N) is 1. The third kappa shape index (κ3) is 6.38. The second kappa shape index (κ2) is 10.7. The number of nitrogens with zero attached hydrogens (tertiary/aromatic N) is 2. The van der Waals surface area contributed by atoms with Gasteiger partial charge in [0.2, 0.25) is 0 Å². The second-order valence-electron chi connectivity index (χ2n) is 8.49. The Kier molecular flexibility index (Phi) is 8.01. The van der Waals surface area contributed by atoms with Crippen molar-refractivity contribution in [2.24, 2.45) is 0 Å². The number of hydrogen-bond donors (Lipinski definition) is 1. The van der Waals surface area contributed by atoms with Crippen LogP contribution in [0.5, 0.6) is 5.75 Å². The number of carbonyl (C=O) groups excluding carboxylic acids is 1. The van der Waals surface area contributed by atoms with E-state index in [0.717, 1.165) is 32.0 Å². The zero-order valence-corrected chi connectivity index (χ0v) is 18.7. The first-order valence-electron chi connectivity index (χ1n) is 10.8. The van der Waals surface area contributed by atoms with Gasteiger partial charge in [-0.3, -0.25) is 0 Å². The van der Waals surface area contributed by atoms with E-state index in [1.54, 1.807) is 17.0 Å². The summed E-state index contributed by atoms with van der Waals surface area (Å²) in [6, 6.07) is 7.50. The van der Waals surface area contributed by atoms with Crippen LogP contribution in [0.3, 0.4) is 0 Å². The summed E-state index contributed by atoms with van der Waals surface area (Å²) in [5.74, 6) is -1.67. The molecule has 0 aromatic heterocycles. The standard InChI is InChI=1S/C24H30F3N3O2/c1-16(2)32-23-7-4-17(12-22(23)27)14-28-24(31)30(20-8-10-29(3)11-9-20)15-18-5-6-19(25)13-21(18)26/h4-7,12-13,16,20H,8-11,14-15H2,1-3H3,(H,28,31). The number of urea groups is 1. The fourth-order valence-electron chi connectivity index (χ4n) is 3.79. The van der Waals surface area contributed by atoms with E-state index in [9.17, 15) is 18.0 Å². The molecule has 1 aliphatic heterocycles. The van der Waals surface area contributed by atoms with Crippen LogP contribution < -0.4 is 10.1 Å². The molecule has 0 radical (unpaired) electrons. The zero-order chi connectivity index (χ0) is 23.3. The Morgan fingerprint density at radius 2 is 1.84 bits per heavy atom. The van der Waals surface area contributed by atoms with E-state index in [4.69, 9.17) is 4.74 Å². The molecule has 2 amide bonds. The van der Waals surface area contributed by atoms with Crippen LogP contribution in [-0.4, -0.2) is 48.1 Å². The molecule has 1 fully saturated rings. The molecule has 174 valence electrons. The highest BCUT2D eigenvalue weighted by Gasteiger charge is 2.28. The van der Waals surface area contributed by atoms with E-state index in [0.29, 0.717) is 5.56 Å². The van der Waals surface area contributed by atoms with Gasteiger partial charge in [-0.15, -0.1) is 0 Å². The number of likely N-dealkylation sites (tertiary alicyclic amines) is 1. The lowest BCUT2D eigenvalue weighted by Gasteiger charge is -2.37. The van der Waals surface area contributed by atoms with Gasteiger partial charge in [0.1, 0.15) is 11.6 Å². The lowest BCUT2D eigenvalue weighted by atomic mass is 10.0. The van der Waals surface area contributed by atoms with Crippen molar-refractivity contribution >= 4 is 6.03 Å². The number of rotatable bonds is 7. The van der Waals surface area contributed by atoms with Gasteiger partial charge in [0.05, 0.1) is 12.6 Å². The predicted octanol–water partition coefficient (Wildman–Crippen LogP) is 4.70. The van der Waals surface area contributed by atoms with Gasteiger partial charge < -0.3 is 19.9 Å². The molecule has 0 saturated carbocycles. The topological polar surface area (TPSA) is 44.8 Å². The lowest BCUT2D eigenvalue weighted by Crippen LogP contribution is -2.49. The minimum Gasteiger partial charge on any atom is -0.488 e. The van der Waals surface area contributed by atoms with Crippen molar-refractivity contribution in [1.82, 2.24) is 15.1 Å². The molecule has 0 spiro atoms. The van der Waals surface area contributed by atoms with Crippen LogP contribution in [0.15, 0.2) is 36.4 Å². The largest absolute Gasteiger partial charge is 0.488 e. The van der Waals surface area contributed by atoms with E-state index in [1.165, 1.54) is 18.2 Å². The van der Waals surface area contributed by atoms with Crippen LogP contribution >= 0.6 is 0 Å². The number of hydrogen-bond acceptors (Lipinski definition) is 3. The first-order valence-corrected chi connectivity index (χ1v) is 10.8. The normalized spacial score (nSPS) is 15.1. The predicted molar refractivity (Wildman–Crippen MR) is 117 cm³/mol. The molecule has 5 nitrogen and oxygen atoms in total. The summed E-state index contributed by atoms with van der Waals surface area (Å²) in [5.41, 5.74) is 0.838. The van der Waals surface area contributed by atoms with Gasteiger partial charge in [-0.2, -0.15) is 0 Å². The van der Waals surface area contributed by atoms with Crippen molar-refractivity contribution in [1.29, 1.82) is 0 Å². The highest BCUT2D eigenvalue weighted by Crippen LogP contribution is 2.22. The van der Waals surface area contributed by atoms with Crippen molar-refractivity contribution in [3.63, 3.8) is 0 Å². The molecule has 0 bridgehead atoms. The second-order valence-corrected chi connectivity index (χ2v) is 8.49. The SMILES string of the molecule is CC(C)Oc1ccc(CNC(=O)N(Cc2ccc(F)cc2F)C2CCN(C)CC2)cc1F. The number of benzene rings is 2. The average Bonchev–Trinajstić information content (AvgIpc) is 2.74. The van der Waals surface area contributed by atoms with Crippen LogP contribution in [0.4, 0.5) is 18.0 Å². The van der Waals surface area contributed by atoms with Crippen molar-refractivity contribution in [3.8, 4) is 5.75 Å². The Balaban J connectivity index is 1.71. The summed E-state index contributed by atoms with van der Waals surface area (Å²) < 4.78 is 47.2. The third-order valence-corrected chi connectivity index (χ3v) is 5.55. The maximum absolute atomic E-state index is 14.3. The van der Waals surface area contributed by atoms with Crippen molar-refractivity contribution in [2.45, 2.75) is 51.9 Å². The first kappa shape index (κ1) is 23.9. The number of carbonyl (C=O) groups is 1. The Hall–Kier alpha value is -2.74. The van der Waals surface area contributed by atoms with E-state index in [1.807, 2.05) is 20.9 Å². The third-order valence-electron chi connectivity index (χ3n) is 5.55. The molecule has 1 heterocycles. The van der Waals surface area contributed by atoms with Crippen molar-refractivity contribution < 1.29 is 22.7 Å². The summed E-state index contributed by atoms with van der Waals surface area (Å²) in [5, 5.41) is 2.82. The molecule has 1 saturated heterocycles. The number of ether oxygens (including phenoxy) is 1. The lowest BCUT2D eigenvalue weighted by molar-refractivity contribution is 0.126. The maximum Gasteiger partial charge on any atom is 0.318 e. The van der Waals surface area contributed by atoms with Gasteiger partial charge in [-0.1, -0.05) is 12.1 Å². The Bertz CT molecular complexity index is 931. The maximum atomic E-state index is 14.3. The number of piperidine rings is 1. The minimum absolute atomic E-state index is 0.0296. The summed E-state index contributed by atoms with van der Waals surface area (Å²) >= 11 is 0. The summed E-state index contributed by atoms with van der Waals surface area (Å²) in [6.45, 7) is 5.42. The Morgan fingerprint density at radius 1 is 1.12 bits per heavy atom. The minimum atomic E-state index is -0.682. The summed E-state index contributed by atoms with van der Waals surface area (Å²) in [6.07, 6.45) is 1.36. The molecule has 3 rings (SSSR count). The smallest absolute Gasteiger partial charge is 0.318 e. The fraction of sp³-hybridized carbons (Fsp3) is 0.458. The number of amides is 2. The summed E-state index contributed by atoms with van der Waals surface area (Å²) in [7, 11) is 2.02. The molecule has 0 aliphatic carbocycles. The molecule has 0 atom stereocenters. The summed E-state index contributed by atoms with van der Waals surface area (Å²) in [4.78, 5) is 16.8. The zero-order valence-electron chi connectivity index (χ0n) is 18.7. The molecule has 2 aromatic rings. The van der Waals surface area contributed by atoms with Crippen molar-refractivity contribution in [2.75, 3.05) is 20.1 Å². The first-order chi connectivity index (χ1) is 15.2. The van der Waals surface area contributed by atoms with Gasteiger partial charge in [-0.25, -0.2) is 18.0 Å². The van der Waals surface area contributed by atoms with Crippen LogP contribution in [-0.2, 0) is 13.1 Å². The molecule has 32 heavy (non-hydrogen) atoms. The van der Waals surface area contributed by atoms with E-state index < -0.39 is 17.5 Å². The number of halogens is 3. The van der Waals surface area contributed by atoms with Gasteiger partial charge in [0.15, 0.2) is 11.6 Å². The molecule has 1 aliphatic rings. The van der Waals surface area contributed by atoms with E-state index in [2.05, 4.69) is 10.2 Å². The van der Waals surface area contributed by atoms with Gasteiger partial charge in [0, 0.05) is 24.2 Å². The van der Waals surface area contributed by atoms with Gasteiger partial charge in [-0.05, 0) is 70.6 Å². The van der Waals surface area contributed by atoms with E-state index >= 15 is 0 Å². The molecule has 2 aromatic carbocycles. The van der Waals surface area contributed by atoms with Gasteiger partial charge >= 0.3 is 6.03 Å².